The van der Waals surface area contributed by atoms with Crippen molar-refractivity contribution in [2.75, 3.05) is 39.3 Å². The van der Waals surface area contributed by atoms with Crippen LogP contribution in [0.5, 0.6) is 0 Å². The molecule has 0 saturated carbocycles. The Morgan fingerprint density at radius 1 is 1.09 bits per heavy atom. The molecule has 12 heteroatoms. The Bertz CT molecular complexity index is 1230. The standard InChI is InChI=1S/C23H25F3N6O2S/c1-15-28-18-10-16(2-3-20(18)32(15)5-4-23(24,25)26)21(33)31-11-17(12-31)29-6-8-30(9-7-29)22(34)19-13-35-14-27-19/h2-3,10,13-14,17H,4-9,11-12H2,1H3. The third-order valence-corrected chi connectivity index (χ3v) is 7.31. The van der Waals surface area contributed by atoms with Gasteiger partial charge in [0.05, 0.1) is 23.0 Å². The average molecular weight is 507 g/mol. The number of halogens is 3. The van der Waals surface area contributed by atoms with Crippen molar-refractivity contribution in [1.82, 2.24) is 29.2 Å². The SMILES string of the molecule is Cc1nc2cc(C(=O)N3CC(N4CCN(C(=O)c5cscn5)CC4)C3)ccc2n1CCC(F)(F)F. The molecule has 8 nitrogen and oxygen atoms in total. The average Bonchev–Trinajstić information content (AvgIpc) is 3.43. The Morgan fingerprint density at radius 2 is 1.83 bits per heavy atom. The smallest absolute Gasteiger partial charge is 0.335 e. The van der Waals surface area contributed by atoms with Gasteiger partial charge in [0.15, 0.2) is 0 Å². The number of aryl methyl sites for hydroxylation is 2. The fourth-order valence-corrected chi connectivity index (χ4v) is 5.23. The van der Waals surface area contributed by atoms with Crippen LogP contribution < -0.4 is 0 Å². The Labute approximate surface area is 204 Å². The first-order chi connectivity index (χ1) is 16.7. The van der Waals surface area contributed by atoms with Gasteiger partial charge >= 0.3 is 6.18 Å². The largest absolute Gasteiger partial charge is 0.390 e. The topological polar surface area (TPSA) is 74.6 Å². The molecule has 2 amide bonds. The number of carbonyl (C=O) groups is 2. The van der Waals surface area contributed by atoms with Crippen LogP contribution in [0.25, 0.3) is 11.0 Å². The van der Waals surface area contributed by atoms with Gasteiger partial charge in [-0.05, 0) is 25.1 Å². The van der Waals surface area contributed by atoms with Crippen LogP contribution >= 0.6 is 11.3 Å². The molecule has 3 aromatic rings. The minimum Gasteiger partial charge on any atom is -0.335 e. The van der Waals surface area contributed by atoms with E-state index in [1.54, 1.807) is 40.9 Å². The van der Waals surface area contributed by atoms with Crippen LogP contribution in [0.15, 0.2) is 29.1 Å². The molecule has 0 spiro atoms. The van der Waals surface area contributed by atoms with E-state index in [4.69, 9.17) is 0 Å². The van der Waals surface area contributed by atoms with E-state index in [9.17, 15) is 22.8 Å². The molecule has 2 saturated heterocycles. The van der Waals surface area contributed by atoms with Gasteiger partial charge in [-0.3, -0.25) is 14.5 Å². The molecular weight excluding hydrogens is 481 g/mol. The van der Waals surface area contributed by atoms with Gasteiger partial charge in [-0.15, -0.1) is 11.3 Å². The highest BCUT2D eigenvalue weighted by atomic mass is 32.1. The fraction of sp³-hybridized carbons (Fsp3) is 0.478. The van der Waals surface area contributed by atoms with Crippen LogP contribution in [-0.2, 0) is 6.54 Å². The molecule has 0 atom stereocenters. The molecule has 2 aliphatic rings. The van der Waals surface area contributed by atoms with E-state index < -0.39 is 12.6 Å². The van der Waals surface area contributed by atoms with E-state index in [0.29, 0.717) is 54.3 Å². The van der Waals surface area contributed by atoms with E-state index in [1.165, 1.54) is 15.9 Å². The second kappa shape index (κ2) is 9.23. The van der Waals surface area contributed by atoms with E-state index in [-0.39, 0.29) is 24.4 Å². The second-order valence-electron chi connectivity index (χ2n) is 8.95. The van der Waals surface area contributed by atoms with Gasteiger partial charge in [0, 0.05) is 62.8 Å². The molecule has 4 heterocycles. The highest BCUT2D eigenvalue weighted by Gasteiger charge is 2.37. The number of alkyl halides is 3. The van der Waals surface area contributed by atoms with E-state index in [0.717, 1.165) is 13.1 Å². The van der Waals surface area contributed by atoms with Crippen molar-refractivity contribution in [2.24, 2.45) is 0 Å². The normalized spacial score (nSPS) is 17.7. The summed E-state index contributed by atoms with van der Waals surface area (Å²) < 4.78 is 39.5. The van der Waals surface area contributed by atoms with Gasteiger partial charge in [0.25, 0.3) is 11.8 Å². The molecular formula is C23H25F3N6O2S. The zero-order valence-electron chi connectivity index (χ0n) is 19.2. The maximum atomic E-state index is 13.0. The van der Waals surface area contributed by atoms with E-state index in [1.807, 2.05) is 4.90 Å². The highest BCUT2D eigenvalue weighted by Crippen LogP contribution is 2.25. The molecule has 0 bridgehead atoms. The number of carbonyl (C=O) groups excluding carboxylic acids is 2. The predicted octanol–water partition coefficient (Wildman–Crippen LogP) is 3.04. The molecule has 0 aliphatic carbocycles. The Hall–Kier alpha value is -2.99. The van der Waals surface area contributed by atoms with Crippen molar-refractivity contribution in [3.05, 3.63) is 46.2 Å². The molecule has 0 unspecified atom stereocenters. The lowest BCUT2D eigenvalue weighted by atomic mass is 10.0. The number of benzene rings is 1. The lowest BCUT2D eigenvalue weighted by Crippen LogP contribution is -2.64. The fourth-order valence-electron chi connectivity index (χ4n) is 4.71. The van der Waals surface area contributed by atoms with Crippen molar-refractivity contribution in [3.8, 4) is 0 Å². The van der Waals surface area contributed by atoms with Crippen LogP contribution in [-0.4, -0.2) is 92.5 Å². The Kier molecular flexibility index (Phi) is 6.26. The highest BCUT2D eigenvalue weighted by molar-refractivity contribution is 7.07. The van der Waals surface area contributed by atoms with E-state index >= 15 is 0 Å². The molecule has 35 heavy (non-hydrogen) atoms. The van der Waals surface area contributed by atoms with Gasteiger partial charge in [-0.25, -0.2) is 9.97 Å². The summed E-state index contributed by atoms with van der Waals surface area (Å²) in [7, 11) is 0. The van der Waals surface area contributed by atoms with Crippen molar-refractivity contribution >= 4 is 34.2 Å². The first-order valence-electron chi connectivity index (χ1n) is 11.4. The number of piperazine rings is 1. The summed E-state index contributed by atoms with van der Waals surface area (Å²) in [6.45, 7) is 5.46. The minimum absolute atomic E-state index is 0.0391. The molecule has 186 valence electrons. The van der Waals surface area contributed by atoms with Gasteiger partial charge < -0.3 is 14.4 Å². The third kappa shape index (κ3) is 4.90. The first-order valence-corrected chi connectivity index (χ1v) is 12.4. The number of rotatable bonds is 5. The van der Waals surface area contributed by atoms with Gasteiger partial charge in [0.2, 0.25) is 0 Å². The number of hydrogen-bond acceptors (Lipinski definition) is 6. The summed E-state index contributed by atoms with van der Waals surface area (Å²) in [5.41, 5.74) is 3.74. The maximum Gasteiger partial charge on any atom is 0.390 e. The molecule has 2 aliphatic heterocycles. The van der Waals surface area contributed by atoms with Crippen LogP contribution in [0.1, 0.15) is 33.1 Å². The van der Waals surface area contributed by atoms with E-state index in [2.05, 4.69) is 14.9 Å². The van der Waals surface area contributed by atoms with Crippen LogP contribution in [0, 0.1) is 6.92 Å². The zero-order valence-corrected chi connectivity index (χ0v) is 20.0. The lowest BCUT2D eigenvalue weighted by Gasteiger charge is -2.48. The van der Waals surface area contributed by atoms with Crippen molar-refractivity contribution < 1.29 is 22.8 Å². The summed E-state index contributed by atoms with van der Waals surface area (Å²) in [6, 6.07) is 5.24. The van der Waals surface area contributed by atoms with Crippen LogP contribution in [0.2, 0.25) is 0 Å². The summed E-state index contributed by atoms with van der Waals surface area (Å²) in [5.74, 6) is 0.344. The Balaban J connectivity index is 1.16. The molecule has 0 radical (unpaired) electrons. The number of nitrogens with zero attached hydrogens (tertiary/aromatic N) is 6. The quantitative estimate of drug-likeness (QED) is 0.532. The summed E-state index contributed by atoms with van der Waals surface area (Å²) in [4.78, 5) is 39.8. The number of imidazole rings is 1. The van der Waals surface area contributed by atoms with Gasteiger partial charge in [-0.1, -0.05) is 0 Å². The number of aromatic nitrogens is 3. The van der Waals surface area contributed by atoms with Gasteiger partial charge in [0.1, 0.15) is 11.5 Å². The predicted molar refractivity (Wildman–Crippen MR) is 124 cm³/mol. The molecule has 0 N–H and O–H groups in total. The molecule has 2 fully saturated rings. The number of amides is 2. The van der Waals surface area contributed by atoms with Crippen molar-refractivity contribution in [3.63, 3.8) is 0 Å². The number of thiazole rings is 1. The molecule has 5 rings (SSSR count). The first kappa shape index (κ1) is 23.7. The third-order valence-electron chi connectivity index (χ3n) is 6.72. The van der Waals surface area contributed by atoms with Crippen LogP contribution in [0.4, 0.5) is 13.2 Å². The van der Waals surface area contributed by atoms with Crippen LogP contribution in [0.3, 0.4) is 0 Å². The molecule has 2 aromatic heterocycles. The number of likely N-dealkylation sites (tertiary alicyclic amines) is 1. The number of hydrogen-bond donors (Lipinski definition) is 0. The lowest BCUT2D eigenvalue weighted by molar-refractivity contribution is -0.136. The summed E-state index contributed by atoms with van der Waals surface area (Å²) in [6.07, 6.45) is -5.17. The second-order valence-corrected chi connectivity index (χ2v) is 9.66. The number of fused-ring (bicyclic) bond motifs is 1. The maximum absolute atomic E-state index is 13.0. The summed E-state index contributed by atoms with van der Waals surface area (Å²) in [5, 5.41) is 1.76. The van der Waals surface area contributed by atoms with Crippen molar-refractivity contribution in [2.45, 2.75) is 32.1 Å². The van der Waals surface area contributed by atoms with Crippen molar-refractivity contribution in [1.29, 1.82) is 0 Å². The molecule has 1 aromatic carbocycles. The summed E-state index contributed by atoms with van der Waals surface area (Å²) >= 11 is 1.40. The minimum atomic E-state index is -4.24. The monoisotopic (exact) mass is 506 g/mol. The Morgan fingerprint density at radius 3 is 2.49 bits per heavy atom. The zero-order chi connectivity index (χ0) is 24.7. The van der Waals surface area contributed by atoms with Gasteiger partial charge in [-0.2, -0.15) is 13.2 Å².